The largest absolute Gasteiger partial charge is 0.396 e. The van der Waals surface area contributed by atoms with Crippen molar-refractivity contribution >= 4 is 0 Å². The Labute approximate surface area is 215 Å². The zero-order chi connectivity index (χ0) is 24.8. The van der Waals surface area contributed by atoms with Crippen molar-refractivity contribution in [3.8, 4) is 0 Å². The van der Waals surface area contributed by atoms with Crippen molar-refractivity contribution < 1.29 is 14.6 Å². The second kappa shape index (κ2) is 30.9. The van der Waals surface area contributed by atoms with E-state index in [9.17, 15) is 0 Å². The van der Waals surface area contributed by atoms with Gasteiger partial charge >= 0.3 is 0 Å². The maximum atomic E-state index is 8.85. The summed E-state index contributed by atoms with van der Waals surface area (Å²) in [7, 11) is 0. The monoisotopic (exact) mass is 484 g/mol. The van der Waals surface area contributed by atoms with Crippen molar-refractivity contribution in [3.05, 3.63) is 0 Å². The second-order valence-corrected chi connectivity index (χ2v) is 10.5. The molecule has 0 aromatic rings. The SMILES string of the molecule is CCCCCCCCCCCCCC(CCCCCCCCCCCC)OCCOCCCO. The van der Waals surface area contributed by atoms with Crippen LogP contribution in [-0.4, -0.2) is 37.6 Å². The highest BCUT2D eigenvalue weighted by Gasteiger charge is 2.09. The first kappa shape index (κ1) is 33.9. The normalized spacial score (nSPS) is 12.4. The lowest BCUT2D eigenvalue weighted by molar-refractivity contribution is -0.00604. The van der Waals surface area contributed by atoms with Crippen LogP contribution < -0.4 is 0 Å². The van der Waals surface area contributed by atoms with Gasteiger partial charge in [0, 0.05) is 13.2 Å². The smallest absolute Gasteiger partial charge is 0.0704 e. The Morgan fingerprint density at radius 3 is 1.21 bits per heavy atom. The Hall–Kier alpha value is -0.120. The molecule has 3 nitrogen and oxygen atoms in total. The van der Waals surface area contributed by atoms with Gasteiger partial charge in [-0.15, -0.1) is 0 Å². The zero-order valence-corrected chi connectivity index (χ0v) is 23.6. The Morgan fingerprint density at radius 1 is 0.441 bits per heavy atom. The van der Waals surface area contributed by atoms with E-state index in [-0.39, 0.29) is 6.61 Å². The summed E-state index contributed by atoms with van der Waals surface area (Å²) in [5.41, 5.74) is 0. The van der Waals surface area contributed by atoms with Crippen LogP contribution in [0.4, 0.5) is 0 Å². The van der Waals surface area contributed by atoms with Crippen molar-refractivity contribution in [1.29, 1.82) is 0 Å². The molecule has 3 heteroatoms. The summed E-state index contributed by atoms with van der Waals surface area (Å²) >= 11 is 0. The summed E-state index contributed by atoms with van der Waals surface area (Å²) in [5.74, 6) is 0. The molecule has 206 valence electrons. The van der Waals surface area contributed by atoms with Crippen molar-refractivity contribution in [2.24, 2.45) is 0 Å². The van der Waals surface area contributed by atoms with Gasteiger partial charge in [0.1, 0.15) is 0 Å². The van der Waals surface area contributed by atoms with Crippen LogP contribution in [0.5, 0.6) is 0 Å². The third-order valence-corrected chi connectivity index (χ3v) is 7.04. The number of hydrogen-bond acceptors (Lipinski definition) is 3. The zero-order valence-electron chi connectivity index (χ0n) is 23.6. The average Bonchev–Trinajstić information content (AvgIpc) is 2.85. The number of ether oxygens (including phenoxy) is 2. The van der Waals surface area contributed by atoms with E-state index >= 15 is 0 Å². The van der Waals surface area contributed by atoms with Gasteiger partial charge in [0.15, 0.2) is 0 Å². The van der Waals surface area contributed by atoms with E-state index in [1.54, 1.807) is 0 Å². The molecule has 0 aliphatic heterocycles. The van der Waals surface area contributed by atoms with E-state index < -0.39 is 0 Å². The van der Waals surface area contributed by atoms with Gasteiger partial charge in [-0.05, 0) is 19.3 Å². The minimum Gasteiger partial charge on any atom is -0.396 e. The number of hydrogen-bond donors (Lipinski definition) is 1. The highest BCUT2D eigenvalue weighted by Crippen LogP contribution is 2.18. The molecule has 0 rings (SSSR count). The lowest BCUT2D eigenvalue weighted by Crippen LogP contribution is -2.17. The van der Waals surface area contributed by atoms with Crippen LogP contribution in [0.15, 0.2) is 0 Å². The molecule has 0 fully saturated rings. The maximum absolute atomic E-state index is 8.85. The molecular weight excluding hydrogens is 420 g/mol. The summed E-state index contributed by atoms with van der Waals surface area (Å²) in [6, 6.07) is 0. The fourth-order valence-electron chi connectivity index (χ4n) is 4.75. The maximum Gasteiger partial charge on any atom is 0.0704 e. The Kier molecular flexibility index (Phi) is 30.8. The first-order valence-electron chi connectivity index (χ1n) is 15.6. The van der Waals surface area contributed by atoms with Crippen LogP contribution in [0.1, 0.15) is 168 Å². The lowest BCUT2D eigenvalue weighted by atomic mass is 10.0. The predicted octanol–water partition coefficient (Wildman–Crippen LogP) is 9.78. The molecule has 0 aromatic carbocycles. The van der Waals surface area contributed by atoms with Crippen molar-refractivity contribution in [3.63, 3.8) is 0 Å². The van der Waals surface area contributed by atoms with Gasteiger partial charge in [0.05, 0.1) is 19.3 Å². The first-order chi connectivity index (χ1) is 16.8. The summed E-state index contributed by atoms with van der Waals surface area (Å²) in [4.78, 5) is 0. The molecule has 0 aliphatic carbocycles. The van der Waals surface area contributed by atoms with Gasteiger partial charge in [-0.2, -0.15) is 0 Å². The molecule has 0 saturated carbocycles. The van der Waals surface area contributed by atoms with Crippen LogP contribution in [-0.2, 0) is 9.47 Å². The minimum atomic E-state index is 0.209. The van der Waals surface area contributed by atoms with Gasteiger partial charge < -0.3 is 14.6 Å². The summed E-state index contributed by atoms with van der Waals surface area (Å²) < 4.78 is 11.8. The summed E-state index contributed by atoms with van der Waals surface area (Å²) in [6.07, 6.45) is 32.9. The molecular formula is C31H64O3. The minimum absolute atomic E-state index is 0.209. The molecule has 0 aromatic heterocycles. The fraction of sp³-hybridized carbons (Fsp3) is 1.00. The van der Waals surface area contributed by atoms with Crippen molar-refractivity contribution in [1.82, 2.24) is 0 Å². The van der Waals surface area contributed by atoms with Gasteiger partial charge in [0.2, 0.25) is 0 Å². The quantitative estimate of drug-likeness (QED) is 0.103. The Bertz CT molecular complexity index is 348. The fourth-order valence-corrected chi connectivity index (χ4v) is 4.75. The van der Waals surface area contributed by atoms with Crippen LogP contribution in [0.25, 0.3) is 0 Å². The van der Waals surface area contributed by atoms with E-state index in [4.69, 9.17) is 14.6 Å². The second-order valence-electron chi connectivity index (χ2n) is 10.5. The third-order valence-electron chi connectivity index (χ3n) is 7.04. The standard InChI is InChI=1S/C31H64O3/c1-3-5-7-9-11-13-15-17-19-21-23-26-31(34-30-29-33-28-24-27-32)25-22-20-18-16-14-12-10-8-6-4-2/h31-32H,3-30H2,1-2H3. The predicted molar refractivity (Wildman–Crippen MR) is 150 cm³/mol. The Balaban J connectivity index is 3.78. The molecule has 1 N–H and O–H groups in total. The van der Waals surface area contributed by atoms with Gasteiger partial charge in [-0.3, -0.25) is 0 Å². The van der Waals surface area contributed by atoms with E-state index in [1.165, 1.54) is 148 Å². The number of aliphatic hydroxyl groups excluding tert-OH is 1. The van der Waals surface area contributed by atoms with Crippen LogP contribution in [0.3, 0.4) is 0 Å². The molecule has 1 unspecified atom stereocenters. The topological polar surface area (TPSA) is 38.7 Å². The molecule has 0 bridgehead atoms. The van der Waals surface area contributed by atoms with Crippen LogP contribution in [0, 0.1) is 0 Å². The Morgan fingerprint density at radius 2 is 0.824 bits per heavy atom. The van der Waals surface area contributed by atoms with Gasteiger partial charge in [-0.1, -0.05) is 149 Å². The molecule has 0 radical (unpaired) electrons. The highest BCUT2D eigenvalue weighted by molar-refractivity contribution is 4.61. The third kappa shape index (κ3) is 28.1. The highest BCUT2D eigenvalue weighted by atomic mass is 16.5. The van der Waals surface area contributed by atoms with Gasteiger partial charge in [-0.25, -0.2) is 0 Å². The summed E-state index contributed by atoms with van der Waals surface area (Å²) in [5, 5.41) is 8.85. The van der Waals surface area contributed by atoms with Gasteiger partial charge in [0.25, 0.3) is 0 Å². The van der Waals surface area contributed by atoms with E-state index in [0.717, 1.165) is 6.42 Å². The van der Waals surface area contributed by atoms with Crippen LogP contribution >= 0.6 is 0 Å². The van der Waals surface area contributed by atoms with Crippen molar-refractivity contribution in [2.75, 3.05) is 26.4 Å². The number of aliphatic hydroxyl groups is 1. The summed E-state index contributed by atoms with van der Waals surface area (Å²) in [6.45, 7) is 6.79. The lowest BCUT2D eigenvalue weighted by Gasteiger charge is -2.18. The molecule has 0 saturated heterocycles. The molecule has 0 heterocycles. The molecule has 0 spiro atoms. The average molecular weight is 485 g/mol. The molecule has 34 heavy (non-hydrogen) atoms. The van der Waals surface area contributed by atoms with E-state index in [2.05, 4.69) is 13.8 Å². The number of rotatable bonds is 30. The van der Waals surface area contributed by atoms with E-state index in [1.807, 2.05) is 0 Å². The molecule has 0 amide bonds. The molecule has 0 aliphatic rings. The van der Waals surface area contributed by atoms with Crippen LogP contribution in [0.2, 0.25) is 0 Å². The first-order valence-corrected chi connectivity index (χ1v) is 15.6. The number of unbranched alkanes of at least 4 members (excludes halogenated alkanes) is 19. The van der Waals surface area contributed by atoms with E-state index in [0.29, 0.717) is 25.9 Å². The van der Waals surface area contributed by atoms with Crippen molar-refractivity contribution in [2.45, 2.75) is 174 Å². The molecule has 1 atom stereocenters.